The van der Waals surface area contributed by atoms with E-state index >= 15 is 0 Å². The van der Waals surface area contributed by atoms with Crippen molar-refractivity contribution in [3.63, 3.8) is 0 Å². The van der Waals surface area contributed by atoms with Crippen LogP contribution in [0.25, 0.3) is 38.5 Å². The number of phenolic OH excluding ortho intramolecular Hbond substituents is 1. The molecular weight excluding hydrogens is 696 g/mol. The van der Waals surface area contributed by atoms with Gasteiger partial charge in [-0.25, -0.2) is 0 Å². The van der Waals surface area contributed by atoms with Crippen LogP contribution in [0.3, 0.4) is 0 Å². The van der Waals surface area contributed by atoms with E-state index in [1.54, 1.807) is 24.3 Å². The van der Waals surface area contributed by atoms with Gasteiger partial charge in [-0.15, -0.1) is 0 Å². The number of Topliss-reactive ketones (excluding diaryl/α,β-unsaturated/α-hetero) is 1. The lowest BCUT2D eigenvalue weighted by Crippen LogP contribution is -2.32. The van der Waals surface area contributed by atoms with Gasteiger partial charge in [-0.3, -0.25) is 14.4 Å². The molecule has 5 aromatic rings. The molecule has 0 radical (unpaired) electrons. The topological polar surface area (TPSA) is 153 Å². The quantitative estimate of drug-likeness (QED) is 0.123. The van der Waals surface area contributed by atoms with Crippen LogP contribution in [0.5, 0.6) is 34.5 Å². The molecule has 3 aromatic carbocycles. The molecule has 1 N–H and O–H groups in total. The Morgan fingerprint density at radius 2 is 1.33 bits per heavy atom. The molecule has 7 rings (SSSR count). The van der Waals surface area contributed by atoms with Gasteiger partial charge in [0.05, 0.1) is 53.6 Å². The van der Waals surface area contributed by atoms with Crippen molar-refractivity contribution >= 4 is 44.3 Å². The molecular formula is C42H40O12. The predicted molar refractivity (Wildman–Crippen MR) is 203 cm³/mol. The zero-order valence-corrected chi connectivity index (χ0v) is 31.4. The maximum atomic E-state index is 14.7. The summed E-state index contributed by atoms with van der Waals surface area (Å²) in [5.74, 6) is -0.765. The summed E-state index contributed by atoms with van der Waals surface area (Å²) in [5.41, 5.74) is 0.841. The van der Waals surface area contributed by atoms with Gasteiger partial charge >= 0.3 is 0 Å². The molecule has 280 valence electrons. The van der Waals surface area contributed by atoms with Crippen molar-refractivity contribution in [2.75, 3.05) is 42.7 Å². The largest absolute Gasteiger partial charge is 0.502 e. The van der Waals surface area contributed by atoms with Gasteiger partial charge in [0.1, 0.15) is 44.9 Å². The molecule has 0 spiro atoms. The normalized spacial score (nSPS) is 18.7. The van der Waals surface area contributed by atoms with Crippen LogP contribution in [0.15, 0.2) is 78.3 Å². The smallest absolute Gasteiger partial charge is 0.263 e. The summed E-state index contributed by atoms with van der Waals surface area (Å²) in [6.45, 7) is 6.21. The molecule has 12 heteroatoms. The Hall–Kier alpha value is -6.17. The summed E-state index contributed by atoms with van der Waals surface area (Å²) in [7, 11) is 8.63. The third kappa shape index (κ3) is 5.55. The second-order valence-electron chi connectivity index (χ2n) is 14.1. The molecule has 0 saturated heterocycles. The van der Waals surface area contributed by atoms with E-state index in [0.29, 0.717) is 29.1 Å². The average molecular weight is 737 g/mol. The molecule has 0 saturated carbocycles. The lowest BCUT2D eigenvalue weighted by atomic mass is 9.62. The Morgan fingerprint density at radius 3 is 1.91 bits per heavy atom. The van der Waals surface area contributed by atoms with E-state index in [9.17, 15) is 19.5 Å². The zero-order valence-electron chi connectivity index (χ0n) is 31.4. The standard InChI is InChI=1S/C42H40O12/c1-19-10-23(24-17-31(52-9)37(44)41-33(24)39(46)35-27(50-7)14-22(48-5)16-29(35)54-41)25(42(2,3)18-19)11-20-12-30(51-8)36(43)40-32(20)38(45)34-26(49-6)13-21(47-4)15-28(34)53-40/h10-17,23,25,44H,18H2,1-9H3/b20-11+/t23-,25-/m0/s1. The molecule has 0 fully saturated rings. The molecule has 0 bridgehead atoms. The second-order valence-corrected chi connectivity index (χ2v) is 14.1. The number of hydrogen-bond acceptors (Lipinski definition) is 12. The van der Waals surface area contributed by atoms with E-state index in [2.05, 4.69) is 19.9 Å². The van der Waals surface area contributed by atoms with E-state index in [4.69, 9.17) is 37.3 Å². The highest BCUT2D eigenvalue weighted by molar-refractivity contribution is 6.14. The number of ether oxygens (including phenoxy) is 6. The number of methoxy groups -OCH3 is 6. The summed E-state index contributed by atoms with van der Waals surface area (Å²) in [6, 6.07) is 7.90. The SMILES string of the molecule is COC1=C/C(=C\[C@H]2[C@H](c3cc(OC)c(O)c4oc5cc(OC)cc(OC)c5c(=O)c34)C=C(C)CC2(C)C)c2c(oc3cc(OC)cc(OC)c3c2=O)C1=O. The van der Waals surface area contributed by atoms with Crippen LogP contribution in [0.4, 0.5) is 0 Å². The van der Waals surface area contributed by atoms with Gasteiger partial charge in [-0.1, -0.05) is 31.6 Å². The Kier molecular flexibility index (Phi) is 8.95. The Balaban J connectivity index is 1.55. The Morgan fingerprint density at radius 1 is 0.741 bits per heavy atom. The third-order valence-electron chi connectivity index (χ3n) is 10.5. The summed E-state index contributed by atoms with van der Waals surface area (Å²) in [4.78, 5) is 42.9. The van der Waals surface area contributed by atoms with Crippen LogP contribution in [0, 0.1) is 11.3 Å². The maximum absolute atomic E-state index is 14.7. The number of fused-ring (bicyclic) bond motifs is 4. The van der Waals surface area contributed by atoms with Gasteiger partial charge in [-0.05, 0) is 48.0 Å². The monoisotopic (exact) mass is 736 g/mol. The first-order valence-corrected chi connectivity index (χ1v) is 17.2. The number of benzene rings is 3. The van der Waals surface area contributed by atoms with Gasteiger partial charge < -0.3 is 42.4 Å². The Labute approximate surface area is 309 Å². The highest BCUT2D eigenvalue weighted by Gasteiger charge is 2.41. The number of rotatable bonds is 8. The molecule has 2 heterocycles. The minimum Gasteiger partial charge on any atom is -0.502 e. The first kappa shape index (κ1) is 36.2. The zero-order chi connectivity index (χ0) is 38.8. The molecule has 0 unspecified atom stereocenters. The van der Waals surface area contributed by atoms with Crippen molar-refractivity contribution in [3.8, 4) is 34.5 Å². The fraction of sp³-hybridized carbons (Fsp3) is 0.310. The molecule has 0 amide bonds. The van der Waals surface area contributed by atoms with Gasteiger partial charge in [0, 0.05) is 30.2 Å². The number of hydrogen-bond donors (Lipinski definition) is 1. The third-order valence-corrected chi connectivity index (χ3v) is 10.5. The van der Waals surface area contributed by atoms with E-state index in [-0.39, 0.29) is 73.0 Å². The van der Waals surface area contributed by atoms with Crippen LogP contribution >= 0.6 is 0 Å². The van der Waals surface area contributed by atoms with E-state index in [1.807, 2.05) is 13.0 Å². The molecule has 2 aliphatic rings. The molecule has 54 heavy (non-hydrogen) atoms. The number of allylic oxidation sites excluding steroid dienone is 6. The highest BCUT2D eigenvalue weighted by Crippen LogP contribution is 2.52. The van der Waals surface area contributed by atoms with E-state index in [0.717, 1.165) is 5.57 Å². The lowest BCUT2D eigenvalue weighted by Gasteiger charge is -2.42. The fourth-order valence-corrected chi connectivity index (χ4v) is 8.01. The van der Waals surface area contributed by atoms with E-state index in [1.165, 1.54) is 54.8 Å². The summed E-state index contributed by atoms with van der Waals surface area (Å²) in [6.07, 6.45) is 6.21. The number of aromatic hydroxyl groups is 1. The van der Waals surface area contributed by atoms with Crippen LogP contribution in [-0.4, -0.2) is 53.5 Å². The van der Waals surface area contributed by atoms with E-state index < -0.39 is 33.9 Å². The minimum atomic E-state index is -0.593. The molecule has 2 aromatic heterocycles. The van der Waals surface area contributed by atoms with Crippen molar-refractivity contribution < 1.29 is 47.2 Å². The Bertz CT molecular complexity index is 2620. The van der Waals surface area contributed by atoms with Crippen molar-refractivity contribution in [1.82, 2.24) is 0 Å². The second kappa shape index (κ2) is 13.4. The van der Waals surface area contributed by atoms with Crippen LogP contribution in [0.2, 0.25) is 0 Å². The van der Waals surface area contributed by atoms with Crippen molar-refractivity contribution in [2.24, 2.45) is 11.3 Å². The summed E-state index contributed by atoms with van der Waals surface area (Å²) in [5, 5.41) is 11.9. The van der Waals surface area contributed by atoms with Gasteiger partial charge in [-0.2, -0.15) is 0 Å². The van der Waals surface area contributed by atoms with Crippen LogP contribution in [-0.2, 0) is 4.74 Å². The highest BCUT2D eigenvalue weighted by atomic mass is 16.5. The lowest BCUT2D eigenvalue weighted by molar-refractivity contribution is 0.0924. The van der Waals surface area contributed by atoms with Crippen molar-refractivity contribution in [2.45, 2.75) is 33.1 Å². The molecule has 0 aliphatic heterocycles. The summed E-state index contributed by atoms with van der Waals surface area (Å²) < 4.78 is 45.7. The van der Waals surface area contributed by atoms with Gasteiger partial charge in [0.15, 0.2) is 22.9 Å². The maximum Gasteiger partial charge on any atom is 0.263 e. The van der Waals surface area contributed by atoms with Gasteiger partial charge in [0.25, 0.3) is 5.78 Å². The predicted octanol–water partition coefficient (Wildman–Crippen LogP) is 7.69. The number of phenols is 1. The molecule has 2 atom stereocenters. The van der Waals surface area contributed by atoms with Crippen LogP contribution < -0.4 is 34.5 Å². The fourth-order valence-electron chi connectivity index (χ4n) is 8.01. The number of ketones is 1. The average Bonchev–Trinajstić information content (AvgIpc) is 3.15. The van der Waals surface area contributed by atoms with Crippen molar-refractivity contribution in [1.29, 1.82) is 0 Å². The number of carbonyl (C=O) groups is 1. The molecule has 12 nitrogen and oxygen atoms in total. The van der Waals surface area contributed by atoms with Crippen molar-refractivity contribution in [3.05, 3.63) is 97.2 Å². The first-order chi connectivity index (χ1) is 25.8. The van der Waals surface area contributed by atoms with Crippen LogP contribution in [0.1, 0.15) is 54.8 Å². The minimum absolute atomic E-state index is 0.0191. The molecule has 2 aliphatic carbocycles. The van der Waals surface area contributed by atoms with Gasteiger partial charge in [0.2, 0.25) is 16.6 Å². The first-order valence-electron chi connectivity index (χ1n) is 17.2. The summed E-state index contributed by atoms with van der Waals surface area (Å²) >= 11 is 0. The number of carbonyl (C=O) groups excluding carboxylic acids is 1.